The molecule has 3 aromatic rings. The van der Waals surface area contributed by atoms with E-state index < -0.39 is 17.9 Å². The molecule has 0 aliphatic rings. The highest BCUT2D eigenvalue weighted by molar-refractivity contribution is 6.31. The molecule has 37 heavy (non-hydrogen) atoms. The monoisotopic (exact) mass is 521 g/mol. The Labute approximate surface area is 224 Å². The van der Waals surface area contributed by atoms with Crippen molar-refractivity contribution in [1.82, 2.24) is 5.32 Å². The number of aliphatic carboxylic acids is 1. The molecule has 3 N–H and O–H groups in total. The van der Waals surface area contributed by atoms with E-state index in [4.69, 9.17) is 11.6 Å². The van der Waals surface area contributed by atoms with Gasteiger partial charge in [0.1, 0.15) is 6.04 Å². The lowest BCUT2D eigenvalue weighted by molar-refractivity contribution is -0.139. The van der Waals surface area contributed by atoms with E-state index in [1.54, 1.807) is 18.2 Å². The van der Waals surface area contributed by atoms with Crippen molar-refractivity contribution in [1.29, 1.82) is 0 Å². The van der Waals surface area contributed by atoms with Crippen LogP contribution in [0.15, 0.2) is 66.7 Å². The lowest BCUT2D eigenvalue weighted by Crippen LogP contribution is -2.42. The van der Waals surface area contributed by atoms with Crippen molar-refractivity contribution in [3.05, 3.63) is 82.9 Å². The predicted octanol–water partition coefficient (Wildman–Crippen LogP) is 6.49. The van der Waals surface area contributed by atoms with Crippen molar-refractivity contribution in [2.45, 2.75) is 45.1 Å². The van der Waals surface area contributed by atoms with Crippen LogP contribution in [0, 0.1) is 0 Å². The van der Waals surface area contributed by atoms with Crippen LogP contribution in [-0.4, -0.2) is 43.7 Å². The molecule has 7 heteroatoms. The Bertz CT molecular complexity index is 1180. The molecule has 196 valence electrons. The number of carbonyl (C=O) groups excluding carboxylic acids is 1. The molecule has 0 aromatic heterocycles. The molecule has 0 bridgehead atoms. The van der Waals surface area contributed by atoms with Gasteiger partial charge in [0.05, 0.1) is 5.56 Å². The fourth-order valence-electron chi connectivity index (χ4n) is 4.09. The average molecular weight is 522 g/mol. The lowest BCUT2D eigenvalue weighted by Gasteiger charge is -2.17. The Hall–Kier alpha value is -3.51. The first kappa shape index (κ1) is 28.1. The number of amides is 1. The minimum absolute atomic E-state index is 0.168. The quantitative estimate of drug-likeness (QED) is 0.224. The first-order valence-corrected chi connectivity index (χ1v) is 13.1. The highest BCUT2D eigenvalue weighted by atomic mass is 35.5. The van der Waals surface area contributed by atoms with Gasteiger partial charge in [-0.2, -0.15) is 0 Å². The molecule has 0 aliphatic heterocycles. The van der Waals surface area contributed by atoms with Crippen LogP contribution in [-0.2, 0) is 11.2 Å². The summed E-state index contributed by atoms with van der Waals surface area (Å²) in [5.41, 5.74) is 5.05. The fraction of sp³-hybridized carbons (Fsp3) is 0.333. The first-order chi connectivity index (χ1) is 17.8. The summed E-state index contributed by atoms with van der Waals surface area (Å²) in [6, 6.07) is 20.0. The standard InChI is InChI=1S/C30H36ClN3O3/c1-4-5-6-7-18-32-27-17-14-24(31)20-26(27)29(35)33-28(30(36)37)19-21-8-10-22(11-9-21)23-12-15-25(16-13-23)34(2)3/h8-17,20,28,32H,4-7,18-19H2,1-3H3,(H,33,35)(H,36,37)/t28-/m0/s1. The van der Waals surface area contributed by atoms with E-state index >= 15 is 0 Å². The van der Waals surface area contributed by atoms with Gasteiger partial charge < -0.3 is 20.6 Å². The Morgan fingerprint density at radius 3 is 2.16 bits per heavy atom. The number of unbranched alkanes of at least 4 members (excludes halogenated alkanes) is 3. The second-order valence-corrected chi connectivity index (χ2v) is 9.82. The Balaban J connectivity index is 1.68. The summed E-state index contributed by atoms with van der Waals surface area (Å²) in [6.45, 7) is 2.89. The molecule has 0 aliphatic carbocycles. The predicted molar refractivity (Wildman–Crippen MR) is 153 cm³/mol. The van der Waals surface area contributed by atoms with Crippen molar-refractivity contribution >= 4 is 34.9 Å². The smallest absolute Gasteiger partial charge is 0.326 e. The molecule has 0 spiro atoms. The molecular weight excluding hydrogens is 486 g/mol. The number of nitrogens with one attached hydrogen (secondary N) is 2. The van der Waals surface area contributed by atoms with Gasteiger partial charge in [-0.3, -0.25) is 4.79 Å². The van der Waals surface area contributed by atoms with E-state index in [1.165, 1.54) is 6.42 Å². The minimum atomic E-state index is -1.09. The van der Waals surface area contributed by atoms with E-state index in [2.05, 4.69) is 41.8 Å². The van der Waals surface area contributed by atoms with Crippen LogP contribution >= 0.6 is 11.6 Å². The lowest BCUT2D eigenvalue weighted by atomic mass is 10.00. The molecule has 3 aromatic carbocycles. The molecule has 0 unspecified atom stereocenters. The van der Waals surface area contributed by atoms with E-state index in [0.717, 1.165) is 48.2 Å². The number of carbonyl (C=O) groups is 2. The van der Waals surface area contributed by atoms with Gasteiger partial charge in [0.25, 0.3) is 5.91 Å². The number of anilines is 2. The van der Waals surface area contributed by atoms with Gasteiger partial charge >= 0.3 is 5.97 Å². The summed E-state index contributed by atoms with van der Waals surface area (Å²) in [5.74, 6) is -1.56. The molecule has 1 amide bonds. The number of nitrogens with zero attached hydrogens (tertiary/aromatic N) is 1. The van der Waals surface area contributed by atoms with E-state index in [9.17, 15) is 14.7 Å². The number of halogens is 1. The van der Waals surface area contributed by atoms with Crippen LogP contribution < -0.4 is 15.5 Å². The van der Waals surface area contributed by atoms with Crippen molar-refractivity contribution in [3.63, 3.8) is 0 Å². The Morgan fingerprint density at radius 1 is 0.919 bits per heavy atom. The molecule has 1 atom stereocenters. The van der Waals surface area contributed by atoms with Gasteiger partial charge in [-0.25, -0.2) is 4.79 Å². The third-order valence-corrected chi connectivity index (χ3v) is 6.52. The van der Waals surface area contributed by atoms with Gasteiger partial charge in [-0.15, -0.1) is 0 Å². The molecule has 0 saturated heterocycles. The summed E-state index contributed by atoms with van der Waals surface area (Å²) in [7, 11) is 4.00. The van der Waals surface area contributed by atoms with Crippen LogP contribution in [0.2, 0.25) is 5.02 Å². The van der Waals surface area contributed by atoms with Gasteiger partial charge in [-0.05, 0) is 53.4 Å². The molecule has 0 saturated carbocycles. The molecule has 0 heterocycles. The van der Waals surface area contributed by atoms with Gasteiger partial charge in [0.15, 0.2) is 0 Å². The van der Waals surface area contributed by atoms with Crippen LogP contribution in [0.5, 0.6) is 0 Å². The van der Waals surface area contributed by atoms with E-state index in [0.29, 0.717) is 16.3 Å². The Kier molecular flexibility index (Phi) is 10.4. The van der Waals surface area contributed by atoms with Crippen LogP contribution in [0.25, 0.3) is 11.1 Å². The number of carboxylic acid groups (broad SMARTS) is 1. The zero-order valence-corrected chi connectivity index (χ0v) is 22.5. The van der Waals surface area contributed by atoms with Crippen LogP contribution in [0.4, 0.5) is 11.4 Å². The highest BCUT2D eigenvalue weighted by Gasteiger charge is 2.23. The fourth-order valence-corrected chi connectivity index (χ4v) is 4.26. The number of hydrogen-bond acceptors (Lipinski definition) is 4. The topological polar surface area (TPSA) is 81.7 Å². The van der Waals surface area contributed by atoms with Crippen molar-refractivity contribution < 1.29 is 14.7 Å². The second kappa shape index (κ2) is 13.7. The van der Waals surface area contributed by atoms with Crippen molar-refractivity contribution in [2.24, 2.45) is 0 Å². The molecule has 6 nitrogen and oxygen atoms in total. The molecular formula is C30H36ClN3O3. The normalized spacial score (nSPS) is 11.6. The van der Waals surface area contributed by atoms with E-state index in [1.807, 2.05) is 43.3 Å². The highest BCUT2D eigenvalue weighted by Crippen LogP contribution is 2.24. The summed E-state index contributed by atoms with van der Waals surface area (Å²) in [4.78, 5) is 27.2. The molecule has 0 radical (unpaired) electrons. The maximum atomic E-state index is 13.1. The second-order valence-electron chi connectivity index (χ2n) is 9.38. The maximum Gasteiger partial charge on any atom is 0.326 e. The largest absolute Gasteiger partial charge is 0.480 e. The number of rotatable bonds is 13. The molecule has 3 rings (SSSR count). The summed E-state index contributed by atoms with van der Waals surface area (Å²) < 4.78 is 0. The van der Waals surface area contributed by atoms with Crippen LogP contribution in [0.1, 0.15) is 48.5 Å². The van der Waals surface area contributed by atoms with Gasteiger partial charge in [-0.1, -0.05) is 74.2 Å². The maximum absolute atomic E-state index is 13.1. The average Bonchev–Trinajstić information content (AvgIpc) is 2.89. The van der Waals surface area contributed by atoms with Crippen molar-refractivity contribution in [2.75, 3.05) is 30.9 Å². The summed E-state index contributed by atoms with van der Waals surface area (Å²) in [5, 5.41) is 16.2. The first-order valence-electron chi connectivity index (χ1n) is 12.7. The SMILES string of the molecule is CCCCCCNc1ccc(Cl)cc1C(=O)N[C@@H](Cc1ccc(-c2ccc(N(C)C)cc2)cc1)C(=O)O. The third kappa shape index (κ3) is 8.25. The van der Waals surface area contributed by atoms with Gasteiger partial charge in [0.2, 0.25) is 0 Å². The Morgan fingerprint density at radius 2 is 1.57 bits per heavy atom. The number of hydrogen-bond donors (Lipinski definition) is 3. The minimum Gasteiger partial charge on any atom is -0.480 e. The van der Waals surface area contributed by atoms with Crippen molar-refractivity contribution in [3.8, 4) is 11.1 Å². The number of carboxylic acids is 1. The van der Waals surface area contributed by atoms with Gasteiger partial charge in [0, 0.05) is 43.5 Å². The number of benzene rings is 3. The van der Waals surface area contributed by atoms with E-state index in [-0.39, 0.29) is 6.42 Å². The zero-order valence-electron chi connectivity index (χ0n) is 21.8. The summed E-state index contributed by atoms with van der Waals surface area (Å²) >= 11 is 6.16. The third-order valence-electron chi connectivity index (χ3n) is 6.29. The zero-order chi connectivity index (χ0) is 26.8. The van der Waals surface area contributed by atoms with Crippen LogP contribution in [0.3, 0.4) is 0 Å². The molecule has 0 fully saturated rings. The summed E-state index contributed by atoms with van der Waals surface area (Å²) in [6.07, 6.45) is 4.59.